The number of hydrogen-bond donors (Lipinski definition) is 3. The molecule has 1 heterocycles. The molecule has 148 valence electrons. The number of hydrogen-bond acceptors (Lipinski definition) is 6. The number of benzene rings is 1. The molecule has 0 aliphatic heterocycles. The Bertz CT molecular complexity index is 907. The van der Waals surface area contributed by atoms with E-state index in [4.69, 9.17) is 4.74 Å². The fraction of sp³-hybridized carbons (Fsp3) is 0.350. The number of anilines is 1. The summed E-state index contributed by atoms with van der Waals surface area (Å²) in [6.45, 7) is 4.21. The highest BCUT2D eigenvalue weighted by atomic mass is 32.1. The van der Waals surface area contributed by atoms with E-state index in [1.165, 1.54) is 23.6 Å². The van der Waals surface area contributed by atoms with Crippen LogP contribution in [-0.4, -0.2) is 29.9 Å². The van der Waals surface area contributed by atoms with Gasteiger partial charge in [-0.25, -0.2) is 15.0 Å². The molecule has 3 rings (SSSR count). The molecule has 2 amide bonds. The molecule has 28 heavy (non-hydrogen) atoms. The predicted octanol–water partition coefficient (Wildman–Crippen LogP) is 3.91. The summed E-state index contributed by atoms with van der Waals surface area (Å²) < 4.78 is 5.19. The molecule has 8 heteroatoms. The second kappa shape index (κ2) is 8.88. The van der Waals surface area contributed by atoms with E-state index in [2.05, 4.69) is 22.8 Å². The first-order valence-electron chi connectivity index (χ1n) is 9.19. The van der Waals surface area contributed by atoms with Crippen LogP contribution in [0.1, 0.15) is 46.6 Å². The van der Waals surface area contributed by atoms with Crippen molar-refractivity contribution in [1.29, 1.82) is 0 Å². The van der Waals surface area contributed by atoms with Crippen LogP contribution < -0.4 is 10.7 Å². The Balaban J connectivity index is 1.74. The number of nitrogens with zero attached hydrogens (tertiary/aromatic N) is 1. The number of urea groups is 1. The van der Waals surface area contributed by atoms with Crippen molar-refractivity contribution in [1.82, 2.24) is 5.43 Å². The van der Waals surface area contributed by atoms with Crippen LogP contribution in [0.15, 0.2) is 29.4 Å². The summed E-state index contributed by atoms with van der Waals surface area (Å²) in [6, 6.07) is 6.09. The van der Waals surface area contributed by atoms with E-state index < -0.39 is 12.0 Å². The maximum Gasteiger partial charge on any atom is 0.341 e. The zero-order valence-electron chi connectivity index (χ0n) is 15.8. The summed E-state index contributed by atoms with van der Waals surface area (Å²) in [5.41, 5.74) is 4.27. The molecule has 3 N–H and O–H groups in total. The number of aromatic hydroxyl groups is 1. The highest BCUT2D eigenvalue weighted by Gasteiger charge is 2.29. The summed E-state index contributed by atoms with van der Waals surface area (Å²) in [5.74, 6) is 0.201. The molecule has 0 radical (unpaired) electrons. The van der Waals surface area contributed by atoms with E-state index in [1.807, 2.05) is 0 Å². The van der Waals surface area contributed by atoms with Gasteiger partial charge in [-0.1, -0.05) is 19.1 Å². The van der Waals surface area contributed by atoms with Crippen LogP contribution in [0.5, 0.6) is 5.75 Å². The van der Waals surface area contributed by atoms with Crippen LogP contribution in [0.3, 0.4) is 0 Å². The lowest BCUT2D eigenvalue weighted by atomic mass is 9.88. The Morgan fingerprint density at radius 1 is 1.39 bits per heavy atom. The van der Waals surface area contributed by atoms with Crippen molar-refractivity contribution in [2.45, 2.75) is 33.1 Å². The van der Waals surface area contributed by atoms with Gasteiger partial charge in [0.2, 0.25) is 0 Å². The van der Waals surface area contributed by atoms with Crippen molar-refractivity contribution in [2.24, 2.45) is 11.0 Å². The monoisotopic (exact) mass is 401 g/mol. The van der Waals surface area contributed by atoms with Gasteiger partial charge in [-0.15, -0.1) is 11.3 Å². The number of phenols is 1. The van der Waals surface area contributed by atoms with Crippen LogP contribution in [0.2, 0.25) is 0 Å². The number of esters is 1. The SMILES string of the molecule is CCOC(=O)c1c(NC(=O)N/N=C/c2ccccc2O)sc2c1CCC(C)C2. The predicted molar refractivity (Wildman–Crippen MR) is 109 cm³/mol. The van der Waals surface area contributed by atoms with E-state index in [9.17, 15) is 14.7 Å². The Kier molecular flexibility index (Phi) is 6.30. The van der Waals surface area contributed by atoms with Gasteiger partial charge >= 0.3 is 12.0 Å². The molecule has 0 saturated heterocycles. The largest absolute Gasteiger partial charge is 0.507 e. The second-order valence-corrected chi connectivity index (χ2v) is 7.76. The van der Waals surface area contributed by atoms with E-state index >= 15 is 0 Å². The number of thiophene rings is 1. The normalized spacial score (nSPS) is 15.9. The van der Waals surface area contributed by atoms with Crippen molar-refractivity contribution in [3.05, 3.63) is 45.8 Å². The highest BCUT2D eigenvalue weighted by molar-refractivity contribution is 7.17. The van der Waals surface area contributed by atoms with Gasteiger partial charge in [-0.2, -0.15) is 5.10 Å². The lowest BCUT2D eigenvalue weighted by molar-refractivity contribution is 0.0526. The van der Waals surface area contributed by atoms with Gasteiger partial charge in [0.05, 0.1) is 18.4 Å². The smallest absolute Gasteiger partial charge is 0.341 e. The number of nitrogens with one attached hydrogen (secondary N) is 2. The molecule has 0 fully saturated rings. The number of para-hydroxylation sites is 1. The summed E-state index contributed by atoms with van der Waals surface area (Å²) in [5, 5.41) is 16.7. The zero-order valence-corrected chi connectivity index (χ0v) is 16.6. The minimum absolute atomic E-state index is 0.0677. The molecule has 7 nitrogen and oxygen atoms in total. The quantitative estimate of drug-likeness (QED) is 0.402. The molecule has 0 bridgehead atoms. The maximum atomic E-state index is 12.5. The maximum absolute atomic E-state index is 12.5. The van der Waals surface area contributed by atoms with Crippen molar-refractivity contribution in [3.8, 4) is 5.75 Å². The van der Waals surface area contributed by atoms with Crippen LogP contribution in [0.25, 0.3) is 0 Å². The summed E-state index contributed by atoms with van der Waals surface area (Å²) >= 11 is 1.42. The van der Waals surface area contributed by atoms with Crippen molar-refractivity contribution >= 4 is 34.6 Å². The van der Waals surface area contributed by atoms with E-state index in [1.54, 1.807) is 25.1 Å². The van der Waals surface area contributed by atoms with Gasteiger partial charge in [-0.3, -0.25) is 5.32 Å². The molecule has 1 aromatic carbocycles. The summed E-state index contributed by atoms with van der Waals surface area (Å²) in [6.07, 6.45) is 4.05. The van der Waals surface area contributed by atoms with Crippen molar-refractivity contribution < 1.29 is 19.4 Å². The van der Waals surface area contributed by atoms with Crippen molar-refractivity contribution in [3.63, 3.8) is 0 Å². The first-order chi connectivity index (χ1) is 13.5. The Hall–Kier alpha value is -2.87. The number of ether oxygens (including phenoxy) is 1. The molecule has 2 aromatic rings. The molecule has 1 aromatic heterocycles. The fourth-order valence-electron chi connectivity index (χ4n) is 3.15. The van der Waals surface area contributed by atoms with Crippen LogP contribution in [0.4, 0.5) is 9.80 Å². The zero-order chi connectivity index (χ0) is 20.1. The number of rotatable bonds is 5. The van der Waals surface area contributed by atoms with Crippen LogP contribution in [0, 0.1) is 5.92 Å². The van der Waals surface area contributed by atoms with Crippen LogP contribution >= 0.6 is 11.3 Å². The number of fused-ring (bicyclic) bond motifs is 1. The van der Waals surface area contributed by atoms with Gasteiger partial charge in [0, 0.05) is 10.4 Å². The number of hydrazone groups is 1. The molecular weight excluding hydrogens is 378 g/mol. The number of carbonyl (C=O) groups is 2. The molecule has 1 unspecified atom stereocenters. The highest BCUT2D eigenvalue weighted by Crippen LogP contribution is 2.40. The molecular formula is C20H23N3O4S. The average Bonchev–Trinajstić information content (AvgIpc) is 3.00. The number of amides is 2. The molecule has 0 saturated carbocycles. The third kappa shape index (κ3) is 4.51. The van der Waals surface area contributed by atoms with Gasteiger partial charge in [0.15, 0.2) is 0 Å². The Labute approximate surface area is 167 Å². The van der Waals surface area contributed by atoms with Crippen LogP contribution in [-0.2, 0) is 17.6 Å². The molecule has 1 aliphatic carbocycles. The second-order valence-electron chi connectivity index (χ2n) is 6.66. The number of phenolic OH excluding ortho intramolecular Hbond substituents is 1. The van der Waals surface area contributed by atoms with Gasteiger partial charge in [-0.05, 0) is 49.8 Å². The topological polar surface area (TPSA) is 100 Å². The van der Waals surface area contributed by atoms with Gasteiger partial charge in [0.25, 0.3) is 0 Å². The Morgan fingerprint density at radius 3 is 2.93 bits per heavy atom. The van der Waals surface area contributed by atoms with Gasteiger partial charge < -0.3 is 9.84 Å². The fourth-order valence-corrected chi connectivity index (χ4v) is 4.54. The standard InChI is InChI=1S/C20H23N3O4S/c1-3-27-19(25)17-14-9-8-12(2)10-16(14)28-18(17)22-20(26)23-21-11-13-6-4-5-7-15(13)24/h4-7,11-12,24H,3,8-10H2,1-2H3,(H2,22,23,26)/b21-11+. The lowest BCUT2D eigenvalue weighted by Crippen LogP contribution is -2.25. The van der Waals surface area contributed by atoms with E-state index in [0.717, 1.165) is 29.7 Å². The van der Waals surface area contributed by atoms with Crippen molar-refractivity contribution in [2.75, 3.05) is 11.9 Å². The first kappa shape index (κ1) is 19.9. The minimum Gasteiger partial charge on any atom is -0.507 e. The summed E-state index contributed by atoms with van der Waals surface area (Å²) in [4.78, 5) is 25.8. The lowest BCUT2D eigenvalue weighted by Gasteiger charge is -2.18. The Morgan fingerprint density at radius 2 is 2.18 bits per heavy atom. The molecule has 0 spiro atoms. The first-order valence-corrected chi connectivity index (χ1v) is 10.0. The average molecular weight is 401 g/mol. The third-order valence-corrected chi connectivity index (χ3v) is 5.69. The molecule has 1 atom stereocenters. The van der Waals surface area contributed by atoms with Gasteiger partial charge in [0.1, 0.15) is 10.8 Å². The number of carbonyl (C=O) groups excluding carboxylic acids is 2. The van der Waals surface area contributed by atoms with E-state index in [-0.39, 0.29) is 12.4 Å². The van der Waals surface area contributed by atoms with E-state index in [0.29, 0.717) is 22.0 Å². The molecule has 1 aliphatic rings. The third-order valence-electron chi connectivity index (χ3n) is 4.52. The summed E-state index contributed by atoms with van der Waals surface area (Å²) in [7, 11) is 0. The minimum atomic E-state index is -0.566.